The summed E-state index contributed by atoms with van der Waals surface area (Å²) in [6.07, 6.45) is 5.65. The van der Waals surface area contributed by atoms with Gasteiger partial charge < -0.3 is 5.73 Å². The zero-order valence-corrected chi connectivity index (χ0v) is 8.71. The van der Waals surface area contributed by atoms with Crippen molar-refractivity contribution in [3.05, 3.63) is 28.5 Å². The van der Waals surface area contributed by atoms with Crippen molar-refractivity contribution in [2.24, 2.45) is 5.73 Å². The standard InChI is InChI=1S/C9H13BrN2/c1-7(11)2-3-8-4-5-12-6-9(8)10/h4-7H,2-3,11H2,1H3. The molecule has 1 unspecified atom stereocenters. The number of hydrogen-bond acceptors (Lipinski definition) is 2. The van der Waals surface area contributed by atoms with Gasteiger partial charge in [0.05, 0.1) is 0 Å². The van der Waals surface area contributed by atoms with E-state index in [-0.39, 0.29) is 6.04 Å². The first-order valence-electron chi connectivity index (χ1n) is 4.04. The van der Waals surface area contributed by atoms with E-state index in [4.69, 9.17) is 5.73 Å². The van der Waals surface area contributed by atoms with Crippen LogP contribution >= 0.6 is 15.9 Å². The molecular formula is C9H13BrN2. The van der Waals surface area contributed by atoms with Gasteiger partial charge in [0.15, 0.2) is 0 Å². The highest BCUT2D eigenvalue weighted by atomic mass is 79.9. The molecule has 2 N–H and O–H groups in total. The Morgan fingerprint density at radius 2 is 2.42 bits per heavy atom. The number of hydrogen-bond donors (Lipinski definition) is 1. The normalized spacial score (nSPS) is 12.9. The third-order valence-corrected chi connectivity index (χ3v) is 2.44. The Bertz CT molecular complexity index is 248. The van der Waals surface area contributed by atoms with Crippen molar-refractivity contribution in [2.45, 2.75) is 25.8 Å². The van der Waals surface area contributed by atoms with Crippen LogP contribution in [0.3, 0.4) is 0 Å². The van der Waals surface area contributed by atoms with E-state index in [0.717, 1.165) is 17.3 Å². The lowest BCUT2D eigenvalue weighted by Crippen LogP contribution is -2.15. The fourth-order valence-electron chi connectivity index (χ4n) is 0.990. The molecule has 1 aromatic rings. The van der Waals surface area contributed by atoms with Crippen LogP contribution in [0.4, 0.5) is 0 Å². The van der Waals surface area contributed by atoms with Gasteiger partial charge in [-0.15, -0.1) is 0 Å². The predicted molar refractivity (Wildman–Crippen MR) is 53.9 cm³/mol. The summed E-state index contributed by atoms with van der Waals surface area (Å²) in [7, 11) is 0. The summed E-state index contributed by atoms with van der Waals surface area (Å²) >= 11 is 3.44. The highest BCUT2D eigenvalue weighted by molar-refractivity contribution is 9.10. The van der Waals surface area contributed by atoms with E-state index in [1.807, 2.05) is 19.2 Å². The smallest absolute Gasteiger partial charge is 0.0412 e. The Morgan fingerprint density at radius 3 is 3.00 bits per heavy atom. The number of nitrogens with two attached hydrogens (primary N) is 1. The molecule has 0 saturated heterocycles. The molecule has 0 aliphatic rings. The van der Waals surface area contributed by atoms with Crippen molar-refractivity contribution in [1.29, 1.82) is 0 Å². The van der Waals surface area contributed by atoms with Crippen LogP contribution in [-0.4, -0.2) is 11.0 Å². The Morgan fingerprint density at radius 1 is 1.67 bits per heavy atom. The molecule has 0 radical (unpaired) electrons. The topological polar surface area (TPSA) is 38.9 Å². The molecule has 3 heteroatoms. The first-order chi connectivity index (χ1) is 5.70. The molecule has 0 bridgehead atoms. The van der Waals surface area contributed by atoms with E-state index < -0.39 is 0 Å². The fourth-order valence-corrected chi connectivity index (χ4v) is 1.44. The van der Waals surface area contributed by atoms with Crippen LogP contribution in [0, 0.1) is 0 Å². The summed E-state index contributed by atoms with van der Waals surface area (Å²) in [5, 5.41) is 0. The van der Waals surface area contributed by atoms with Crippen molar-refractivity contribution in [1.82, 2.24) is 4.98 Å². The number of halogens is 1. The summed E-state index contributed by atoms with van der Waals surface area (Å²) in [5.74, 6) is 0. The molecule has 1 aromatic heterocycles. The van der Waals surface area contributed by atoms with Gasteiger partial charge in [0.1, 0.15) is 0 Å². The van der Waals surface area contributed by atoms with Gasteiger partial charge in [-0.2, -0.15) is 0 Å². The highest BCUT2D eigenvalue weighted by Crippen LogP contribution is 2.16. The zero-order valence-electron chi connectivity index (χ0n) is 7.13. The molecule has 0 saturated carbocycles. The minimum atomic E-state index is 0.269. The van der Waals surface area contributed by atoms with E-state index in [1.54, 1.807) is 6.20 Å². The van der Waals surface area contributed by atoms with Crippen LogP contribution in [-0.2, 0) is 6.42 Å². The molecule has 0 aliphatic carbocycles. The van der Waals surface area contributed by atoms with E-state index in [1.165, 1.54) is 5.56 Å². The number of aryl methyl sites for hydroxylation is 1. The van der Waals surface area contributed by atoms with Gasteiger partial charge in [0.25, 0.3) is 0 Å². The molecule has 2 nitrogen and oxygen atoms in total. The quantitative estimate of drug-likeness (QED) is 0.862. The second kappa shape index (κ2) is 4.58. The van der Waals surface area contributed by atoms with Gasteiger partial charge in [0.2, 0.25) is 0 Å². The van der Waals surface area contributed by atoms with E-state index in [2.05, 4.69) is 20.9 Å². The van der Waals surface area contributed by atoms with Crippen LogP contribution in [0.2, 0.25) is 0 Å². The maximum absolute atomic E-state index is 5.66. The summed E-state index contributed by atoms with van der Waals surface area (Å²) in [6, 6.07) is 2.29. The van der Waals surface area contributed by atoms with Gasteiger partial charge in [-0.3, -0.25) is 4.98 Å². The van der Waals surface area contributed by atoms with Gasteiger partial charge in [0, 0.05) is 22.9 Å². The van der Waals surface area contributed by atoms with Gasteiger partial charge in [-0.25, -0.2) is 0 Å². The van der Waals surface area contributed by atoms with Crippen LogP contribution in [0.25, 0.3) is 0 Å². The lowest BCUT2D eigenvalue weighted by Gasteiger charge is -2.05. The van der Waals surface area contributed by atoms with Gasteiger partial charge in [-0.05, 0) is 47.3 Å². The van der Waals surface area contributed by atoms with Crippen LogP contribution < -0.4 is 5.73 Å². The fraction of sp³-hybridized carbons (Fsp3) is 0.444. The molecular weight excluding hydrogens is 216 g/mol. The van der Waals surface area contributed by atoms with Gasteiger partial charge in [-0.1, -0.05) is 0 Å². The van der Waals surface area contributed by atoms with Crippen LogP contribution in [0.1, 0.15) is 18.9 Å². The number of pyridine rings is 1. The number of aromatic nitrogens is 1. The molecule has 66 valence electrons. The van der Waals surface area contributed by atoms with Gasteiger partial charge >= 0.3 is 0 Å². The summed E-state index contributed by atoms with van der Waals surface area (Å²) in [6.45, 7) is 2.02. The van der Waals surface area contributed by atoms with E-state index >= 15 is 0 Å². The monoisotopic (exact) mass is 228 g/mol. The first-order valence-corrected chi connectivity index (χ1v) is 4.83. The van der Waals surface area contributed by atoms with Crippen molar-refractivity contribution >= 4 is 15.9 Å². The first kappa shape index (κ1) is 9.68. The minimum Gasteiger partial charge on any atom is -0.328 e. The number of nitrogens with zero attached hydrogens (tertiary/aromatic N) is 1. The maximum atomic E-state index is 5.66. The molecule has 12 heavy (non-hydrogen) atoms. The molecule has 0 amide bonds. The Hall–Kier alpha value is -0.410. The number of rotatable bonds is 3. The summed E-state index contributed by atoms with van der Waals surface area (Å²) < 4.78 is 1.07. The summed E-state index contributed by atoms with van der Waals surface area (Å²) in [4.78, 5) is 3.99. The molecule has 1 rings (SSSR count). The highest BCUT2D eigenvalue weighted by Gasteiger charge is 2.00. The van der Waals surface area contributed by atoms with E-state index in [9.17, 15) is 0 Å². The lowest BCUT2D eigenvalue weighted by atomic mass is 10.1. The van der Waals surface area contributed by atoms with Crippen LogP contribution in [0.15, 0.2) is 22.9 Å². The second-order valence-electron chi connectivity index (χ2n) is 2.98. The average molecular weight is 229 g/mol. The molecule has 0 fully saturated rings. The average Bonchev–Trinajstić information content (AvgIpc) is 2.03. The van der Waals surface area contributed by atoms with Crippen LogP contribution in [0.5, 0.6) is 0 Å². The Labute approximate surface area is 81.3 Å². The van der Waals surface area contributed by atoms with Crippen molar-refractivity contribution in [2.75, 3.05) is 0 Å². The molecule has 1 heterocycles. The molecule has 0 aromatic carbocycles. The predicted octanol–water partition coefficient (Wildman–Crippen LogP) is 2.12. The molecule has 1 atom stereocenters. The Kier molecular flexibility index (Phi) is 3.69. The second-order valence-corrected chi connectivity index (χ2v) is 3.84. The van der Waals surface area contributed by atoms with E-state index in [0.29, 0.717) is 0 Å². The van der Waals surface area contributed by atoms with Crippen molar-refractivity contribution in [3.8, 4) is 0 Å². The maximum Gasteiger partial charge on any atom is 0.0412 e. The van der Waals surface area contributed by atoms with Crippen molar-refractivity contribution in [3.63, 3.8) is 0 Å². The zero-order chi connectivity index (χ0) is 8.97. The third-order valence-electron chi connectivity index (χ3n) is 1.73. The summed E-state index contributed by atoms with van der Waals surface area (Å²) in [5.41, 5.74) is 6.94. The van der Waals surface area contributed by atoms with Crippen molar-refractivity contribution < 1.29 is 0 Å². The SMILES string of the molecule is CC(N)CCc1ccncc1Br. The largest absolute Gasteiger partial charge is 0.328 e. The molecule has 0 aliphatic heterocycles. The molecule has 0 spiro atoms. The lowest BCUT2D eigenvalue weighted by molar-refractivity contribution is 0.664. The minimum absolute atomic E-state index is 0.269. The third kappa shape index (κ3) is 2.91. The Balaban J connectivity index is 2.57.